The number of hydrogen-bond acceptors (Lipinski definition) is 6. The number of methoxy groups -OCH3 is 1. The summed E-state index contributed by atoms with van der Waals surface area (Å²) < 4.78 is 11.7. The van der Waals surface area contributed by atoms with E-state index in [9.17, 15) is 4.79 Å². The van der Waals surface area contributed by atoms with Gasteiger partial charge in [-0.2, -0.15) is 0 Å². The van der Waals surface area contributed by atoms with E-state index in [1.54, 1.807) is 48.4 Å². The summed E-state index contributed by atoms with van der Waals surface area (Å²) in [6.45, 7) is 3.70. The van der Waals surface area contributed by atoms with Gasteiger partial charge in [0.05, 0.1) is 23.4 Å². The van der Waals surface area contributed by atoms with Crippen LogP contribution in [0.25, 0.3) is 10.2 Å². The van der Waals surface area contributed by atoms with Gasteiger partial charge in [-0.1, -0.05) is 22.9 Å². The largest absolute Gasteiger partial charge is 0.494 e. The fourth-order valence-electron chi connectivity index (χ4n) is 2.82. The van der Waals surface area contributed by atoms with E-state index in [-0.39, 0.29) is 18.3 Å². The molecule has 3 aromatic rings. The van der Waals surface area contributed by atoms with Crippen LogP contribution in [0.4, 0.5) is 5.13 Å². The van der Waals surface area contributed by atoms with Crippen molar-refractivity contribution in [3.63, 3.8) is 0 Å². The van der Waals surface area contributed by atoms with Gasteiger partial charge < -0.3 is 14.4 Å². The number of ether oxygens (including phenoxy) is 2. The van der Waals surface area contributed by atoms with Crippen LogP contribution in [-0.4, -0.2) is 56.7 Å². The van der Waals surface area contributed by atoms with Crippen molar-refractivity contribution in [2.75, 3.05) is 45.8 Å². The molecule has 1 heterocycles. The highest BCUT2D eigenvalue weighted by Gasteiger charge is 2.23. The summed E-state index contributed by atoms with van der Waals surface area (Å²) in [7, 11) is 5.53. The third-order valence-electron chi connectivity index (χ3n) is 4.33. The average molecular weight is 470 g/mol. The maximum atomic E-state index is 13.3. The third-order valence-corrected chi connectivity index (χ3v) is 5.86. The second-order valence-corrected chi connectivity index (χ2v) is 8.03. The van der Waals surface area contributed by atoms with Crippen LogP contribution < -0.4 is 14.4 Å². The van der Waals surface area contributed by atoms with E-state index in [4.69, 9.17) is 21.1 Å². The zero-order chi connectivity index (χ0) is 21.0. The van der Waals surface area contributed by atoms with Crippen LogP contribution in [0, 0.1) is 0 Å². The van der Waals surface area contributed by atoms with Crippen molar-refractivity contribution in [1.82, 2.24) is 9.88 Å². The Bertz CT molecular complexity index is 993. The first-order valence-electron chi connectivity index (χ1n) is 9.27. The third kappa shape index (κ3) is 5.35. The van der Waals surface area contributed by atoms with Gasteiger partial charge >= 0.3 is 0 Å². The Balaban J connectivity index is 0.00000320. The number of likely N-dealkylation sites (N-methyl/N-ethyl adjacent to an activating group) is 1. The Morgan fingerprint density at radius 3 is 2.43 bits per heavy atom. The molecular formula is C21H25Cl2N3O3S. The molecule has 0 radical (unpaired) electrons. The van der Waals surface area contributed by atoms with Gasteiger partial charge in [0.25, 0.3) is 5.91 Å². The summed E-state index contributed by atoms with van der Waals surface area (Å²) in [6.07, 6.45) is 0. The molecule has 30 heavy (non-hydrogen) atoms. The maximum absolute atomic E-state index is 13.3. The van der Waals surface area contributed by atoms with E-state index >= 15 is 0 Å². The molecule has 3 rings (SSSR count). The SMILES string of the molecule is CCOc1ccc(C(=O)N(CCN(C)C)c2nc3c(OC)ccc(Cl)c3s2)cc1.Cl. The number of rotatable bonds is 8. The molecule has 0 aliphatic rings. The van der Waals surface area contributed by atoms with E-state index in [1.807, 2.05) is 25.9 Å². The number of aromatic nitrogens is 1. The summed E-state index contributed by atoms with van der Waals surface area (Å²) in [5.74, 6) is 1.25. The van der Waals surface area contributed by atoms with Crippen molar-refractivity contribution in [1.29, 1.82) is 0 Å². The highest BCUT2D eigenvalue weighted by Crippen LogP contribution is 2.39. The first-order chi connectivity index (χ1) is 13.9. The molecule has 0 spiro atoms. The van der Waals surface area contributed by atoms with E-state index in [0.29, 0.717) is 46.7 Å². The van der Waals surface area contributed by atoms with Gasteiger partial charge in [0.15, 0.2) is 5.13 Å². The average Bonchev–Trinajstić information content (AvgIpc) is 3.15. The first kappa shape index (κ1) is 24.2. The molecule has 0 aliphatic carbocycles. The molecule has 0 atom stereocenters. The van der Waals surface area contributed by atoms with E-state index in [0.717, 1.165) is 10.4 Å². The topological polar surface area (TPSA) is 54.9 Å². The van der Waals surface area contributed by atoms with Gasteiger partial charge in [-0.3, -0.25) is 9.69 Å². The van der Waals surface area contributed by atoms with Crippen LogP contribution in [0.2, 0.25) is 5.02 Å². The minimum atomic E-state index is -0.121. The van der Waals surface area contributed by atoms with Gasteiger partial charge in [0.1, 0.15) is 17.0 Å². The lowest BCUT2D eigenvalue weighted by molar-refractivity contribution is 0.0985. The zero-order valence-electron chi connectivity index (χ0n) is 17.3. The quantitative estimate of drug-likeness (QED) is 0.465. The van der Waals surface area contributed by atoms with Crippen LogP contribution in [0.1, 0.15) is 17.3 Å². The standard InChI is InChI=1S/C21H24ClN3O3S.ClH/c1-5-28-15-8-6-14(7-9-15)20(26)25(13-12-24(2)3)21-23-18-17(27-4)11-10-16(22)19(18)29-21;/h6-11H,5,12-13H2,1-4H3;1H. The minimum absolute atomic E-state index is 0. The zero-order valence-corrected chi connectivity index (χ0v) is 19.7. The number of thiazole rings is 1. The van der Waals surface area contributed by atoms with E-state index in [1.165, 1.54) is 11.3 Å². The van der Waals surface area contributed by atoms with E-state index in [2.05, 4.69) is 4.98 Å². The van der Waals surface area contributed by atoms with Crippen LogP contribution in [-0.2, 0) is 0 Å². The van der Waals surface area contributed by atoms with Crippen LogP contribution >= 0.6 is 35.3 Å². The normalized spacial score (nSPS) is 10.7. The number of carbonyl (C=O) groups excluding carboxylic acids is 1. The predicted molar refractivity (Wildman–Crippen MR) is 126 cm³/mol. The number of halogens is 2. The monoisotopic (exact) mass is 469 g/mol. The number of benzene rings is 2. The number of nitrogens with zero attached hydrogens (tertiary/aromatic N) is 3. The number of fused-ring (bicyclic) bond motifs is 1. The maximum Gasteiger partial charge on any atom is 0.260 e. The summed E-state index contributed by atoms with van der Waals surface area (Å²) in [5, 5.41) is 1.18. The summed E-state index contributed by atoms with van der Waals surface area (Å²) in [6, 6.07) is 10.7. The van der Waals surface area contributed by atoms with E-state index < -0.39 is 0 Å². The van der Waals surface area contributed by atoms with Crippen LogP contribution in [0.15, 0.2) is 36.4 Å². The van der Waals surface area contributed by atoms with Crippen molar-refractivity contribution in [3.05, 3.63) is 47.0 Å². The van der Waals surface area contributed by atoms with Crippen molar-refractivity contribution < 1.29 is 14.3 Å². The molecule has 6 nitrogen and oxygen atoms in total. The number of amides is 1. The Labute approximate surface area is 191 Å². The summed E-state index contributed by atoms with van der Waals surface area (Å²) in [5.41, 5.74) is 1.24. The smallest absolute Gasteiger partial charge is 0.260 e. The molecule has 0 bridgehead atoms. The molecule has 2 aromatic carbocycles. The molecule has 0 saturated heterocycles. The van der Waals surface area contributed by atoms with Gasteiger partial charge in [-0.15, -0.1) is 12.4 Å². The van der Waals surface area contributed by atoms with Crippen molar-refractivity contribution >= 4 is 56.6 Å². The Hall–Kier alpha value is -2.06. The fraction of sp³-hybridized carbons (Fsp3) is 0.333. The van der Waals surface area contributed by atoms with Gasteiger partial charge in [0.2, 0.25) is 0 Å². The molecule has 9 heteroatoms. The van der Waals surface area contributed by atoms with Crippen molar-refractivity contribution in [2.45, 2.75) is 6.92 Å². The Morgan fingerprint density at radius 2 is 1.83 bits per heavy atom. The highest BCUT2D eigenvalue weighted by atomic mass is 35.5. The van der Waals surface area contributed by atoms with Gasteiger partial charge in [0, 0.05) is 18.7 Å². The highest BCUT2D eigenvalue weighted by molar-refractivity contribution is 7.23. The lowest BCUT2D eigenvalue weighted by atomic mass is 10.2. The molecule has 0 fully saturated rings. The number of anilines is 1. The van der Waals surface area contributed by atoms with Gasteiger partial charge in [-0.05, 0) is 57.4 Å². The van der Waals surface area contributed by atoms with Crippen molar-refractivity contribution in [3.8, 4) is 11.5 Å². The second-order valence-electron chi connectivity index (χ2n) is 6.64. The van der Waals surface area contributed by atoms with Gasteiger partial charge in [-0.25, -0.2) is 4.98 Å². The molecule has 0 saturated carbocycles. The molecule has 1 amide bonds. The number of carbonyl (C=O) groups is 1. The first-order valence-corrected chi connectivity index (χ1v) is 10.5. The lowest BCUT2D eigenvalue weighted by Gasteiger charge is -2.22. The molecule has 0 aliphatic heterocycles. The Morgan fingerprint density at radius 1 is 1.13 bits per heavy atom. The van der Waals surface area contributed by atoms with Crippen molar-refractivity contribution in [2.24, 2.45) is 0 Å². The summed E-state index contributed by atoms with van der Waals surface area (Å²) >= 11 is 7.75. The minimum Gasteiger partial charge on any atom is -0.494 e. The van der Waals surface area contributed by atoms with Crippen LogP contribution in [0.5, 0.6) is 11.5 Å². The second kappa shape index (κ2) is 10.8. The molecule has 162 valence electrons. The molecular weight excluding hydrogens is 445 g/mol. The predicted octanol–water partition coefficient (Wildman–Crippen LogP) is 4.99. The fourth-order valence-corrected chi connectivity index (χ4v) is 4.10. The van der Waals surface area contributed by atoms with Crippen LogP contribution in [0.3, 0.4) is 0 Å². The lowest BCUT2D eigenvalue weighted by Crippen LogP contribution is -2.36. The molecule has 0 N–H and O–H groups in total. The number of hydrogen-bond donors (Lipinski definition) is 0. The molecule has 1 aromatic heterocycles. The summed E-state index contributed by atoms with van der Waals surface area (Å²) in [4.78, 5) is 21.7. The molecule has 0 unspecified atom stereocenters. The Kier molecular flexibility index (Phi) is 8.73.